The molecule has 7 nitrogen and oxygen atoms in total. The minimum Gasteiger partial charge on any atom is -0.433 e. The molecule has 7 heteroatoms. The Hall–Kier alpha value is -0.730. The summed E-state index contributed by atoms with van der Waals surface area (Å²) in [6, 6.07) is 0. The van der Waals surface area contributed by atoms with E-state index in [2.05, 4.69) is 0 Å². The van der Waals surface area contributed by atoms with E-state index < -0.39 is 30.1 Å². The van der Waals surface area contributed by atoms with Crippen molar-refractivity contribution in [3.8, 4) is 0 Å². The maximum atomic E-state index is 11.8. The second-order valence-electron chi connectivity index (χ2n) is 7.14. The molecule has 3 fully saturated rings. The van der Waals surface area contributed by atoms with E-state index in [0.717, 1.165) is 6.42 Å². The molecule has 3 aliphatic heterocycles. The van der Waals surface area contributed by atoms with Gasteiger partial charge < -0.3 is 28.4 Å². The minimum atomic E-state index is -0.780. The number of ether oxygens (including phenoxy) is 6. The molecule has 0 aromatic heterocycles. The van der Waals surface area contributed by atoms with E-state index in [1.165, 1.54) is 0 Å². The van der Waals surface area contributed by atoms with Crippen LogP contribution >= 0.6 is 0 Å². The maximum absolute atomic E-state index is 11.8. The van der Waals surface area contributed by atoms with E-state index >= 15 is 0 Å². The van der Waals surface area contributed by atoms with Crippen LogP contribution < -0.4 is 0 Å². The molecular weight excluding hydrogens is 304 g/mol. The molecule has 0 saturated carbocycles. The molecule has 5 atom stereocenters. The van der Waals surface area contributed by atoms with Gasteiger partial charge in [-0.05, 0) is 34.1 Å². The van der Waals surface area contributed by atoms with Crippen LogP contribution in [0, 0.1) is 0 Å². The highest BCUT2D eigenvalue weighted by Gasteiger charge is 2.60. The SMILES string of the molecule is CCCC(=O)O[C@H]1O[C@H]([C@@H]2COC(C)(C)O2)[C@H]2OC(C)(C)O[C@@H]12. The van der Waals surface area contributed by atoms with Crippen molar-refractivity contribution < 1.29 is 33.2 Å². The van der Waals surface area contributed by atoms with Gasteiger partial charge in [0.1, 0.15) is 18.3 Å². The molecule has 0 amide bonds. The number of fused-ring (bicyclic) bond motifs is 1. The lowest BCUT2D eigenvalue weighted by Gasteiger charge is -2.26. The van der Waals surface area contributed by atoms with Gasteiger partial charge in [0.15, 0.2) is 17.7 Å². The van der Waals surface area contributed by atoms with E-state index in [0.29, 0.717) is 13.0 Å². The molecule has 3 saturated heterocycles. The largest absolute Gasteiger partial charge is 0.433 e. The van der Waals surface area contributed by atoms with E-state index in [4.69, 9.17) is 28.4 Å². The Morgan fingerprint density at radius 1 is 1.04 bits per heavy atom. The molecule has 0 spiro atoms. The van der Waals surface area contributed by atoms with E-state index in [1.807, 2.05) is 34.6 Å². The van der Waals surface area contributed by atoms with Crippen molar-refractivity contribution in [2.75, 3.05) is 6.61 Å². The third-order valence-electron chi connectivity index (χ3n) is 4.15. The van der Waals surface area contributed by atoms with Gasteiger partial charge >= 0.3 is 5.97 Å². The molecule has 23 heavy (non-hydrogen) atoms. The molecule has 0 aromatic rings. The zero-order chi connectivity index (χ0) is 16.8. The van der Waals surface area contributed by atoms with Crippen molar-refractivity contribution in [1.29, 1.82) is 0 Å². The van der Waals surface area contributed by atoms with Crippen LogP contribution in [0.15, 0.2) is 0 Å². The first-order valence-corrected chi connectivity index (χ1v) is 8.23. The summed E-state index contributed by atoms with van der Waals surface area (Å²) in [5.74, 6) is -1.70. The van der Waals surface area contributed by atoms with E-state index in [-0.39, 0.29) is 18.2 Å². The van der Waals surface area contributed by atoms with Crippen LogP contribution in [-0.4, -0.2) is 54.9 Å². The molecule has 0 radical (unpaired) electrons. The summed E-state index contributed by atoms with van der Waals surface area (Å²) in [6.07, 6.45) is -1.21. The highest BCUT2D eigenvalue weighted by molar-refractivity contribution is 5.69. The van der Waals surface area contributed by atoms with Crippen LogP contribution in [0.2, 0.25) is 0 Å². The van der Waals surface area contributed by atoms with Gasteiger partial charge in [0, 0.05) is 6.42 Å². The van der Waals surface area contributed by atoms with Gasteiger partial charge in [-0.2, -0.15) is 0 Å². The van der Waals surface area contributed by atoms with Gasteiger partial charge in [-0.15, -0.1) is 0 Å². The number of hydrogen-bond donors (Lipinski definition) is 0. The molecule has 0 bridgehead atoms. The van der Waals surface area contributed by atoms with Crippen molar-refractivity contribution in [3.05, 3.63) is 0 Å². The zero-order valence-corrected chi connectivity index (χ0v) is 14.4. The van der Waals surface area contributed by atoms with Crippen molar-refractivity contribution in [2.24, 2.45) is 0 Å². The first-order valence-electron chi connectivity index (χ1n) is 8.23. The lowest BCUT2D eigenvalue weighted by molar-refractivity contribution is -0.244. The number of carbonyl (C=O) groups excluding carboxylic acids is 1. The molecule has 0 aliphatic carbocycles. The summed E-state index contributed by atoms with van der Waals surface area (Å²) in [5, 5.41) is 0. The Labute approximate surface area is 136 Å². The van der Waals surface area contributed by atoms with Crippen LogP contribution in [0.5, 0.6) is 0 Å². The summed E-state index contributed by atoms with van der Waals surface area (Å²) in [5.41, 5.74) is 0. The molecule has 132 valence electrons. The second kappa shape index (κ2) is 5.97. The molecule has 3 rings (SSSR count). The minimum absolute atomic E-state index is 0.287. The molecule has 0 aromatic carbocycles. The fourth-order valence-corrected chi connectivity index (χ4v) is 3.26. The smallest absolute Gasteiger partial charge is 0.308 e. The van der Waals surface area contributed by atoms with Crippen molar-refractivity contribution >= 4 is 5.97 Å². The third kappa shape index (κ3) is 3.53. The van der Waals surface area contributed by atoms with Gasteiger partial charge in [0.2, 0.25) is 6.29 Å². The lowest BCUT2D eigenvalue weighted by Crippen LogP contribution is -2.40. The van der Waals surface area contributed by atoms with Gasteiger partial charge in [-0.1, -0.05) is 6.92 Å². The summed E-state index contributed by atoms with van der Waals surface area (Å²) in [7, 11) is 0. The summed E-state index contributed by atoms with van der Waals surface area (Å²) < 4.78 is 34.7. The Kier molecular flexibility index (Phi) is 4.44. The van der Waals surface area contributed by atoms with Gasteiger partial charge in [-0.25, -0.2) is 0 Å². The van der Waals surface area contributed by atoms with E-state index in [1.54, 1.807) is 0 Å². The highest BCUT2D eigenvalue weighted by atomic mass is 16.8. The fraction of sp³-hybridized carbons (Fsp3) is 0.938. The normalized spacial score (nSPS) is 41.0. The Morgan fingerprint density at radius 3 is 2.35 bits per heavy atom. The standard InChI is InChI=1S/C16H26O7/c1-6-7-10(17)19-14-13-12(22-16(4,5)23-13)11(20-14)9-8-18-15(2,3)21-9/h9,11-14H,6-8H2,1-5H3/t9-,11+,12+,13+,14-/m0/s1. The third-order valence-corrected chi connectivity index (χ3v) is 4.15. The Balaban J connectivity index is 1.73. The topological polar surface area (TPSA) is 72.5 Å². The van der Waals surface area contributed by atoms with Crippen molar-refractivity contribution in [1.82, 2.24) is 0 Å². The molecule has 0 unspecified atom stereocenters. The van der Waals surface area contributed by atoms with Gasteiger partial charge in [0.05, 0.1) is 6.61 Å². The number of carbonyl (C=O) groups is 1. The highest BCUT2D eigenvalue weighted by Crippen LogP contribution is 2.42. The van der Waals surface area contributed by atoms with Crippen molar-refractivity contribution in [3.63, 3.8) is 0 Å². The van der Waals surface area contributed by atoms with Crippen LogP contribution in [-0.2, 0) is 33.2 Å². The number of esters is 1. The molecular formula is C16H26O7. The van der Waals surface area contributed by atoms with Crippen LogP contribution in [0.1, 0.15) is 47.5 Å². The number of hydrogen-bond acceptors (Lipinski definition) is 7. The average molecular weight is 330 g/mol. The van der Waals surface area contributed by atoms with E-state index in [9.17, 15) is 4.79 Å². The first-order chi connectivity index (χ1) is 10.7. The molecule has 0 N–H and O–H groups in total. The lowest BCUT2D eigenvalue weighted by atomic mass is 10.1. The number of rotatable bonds is 4. The Morgan fingerprint density at radius 2 is 1.74 bits per heavy atom. The summed E-state index contributed by atoms with van der Waals surface area (Å²) >= 11 is 0. The quantitative estimate of drug-likeness (QED) is 0.727. The summed E-state index contributed by atoms with van der Waals surface area (Å²) in [6.45, 7) is 9.71. The van der Waals surface area contributed by atoms with Crippen LogP contribution in [0.25, 0.3) is 0 Å². The molecule has 3 heterocycles. The predicted molar refractivity (Wildman–Crippen MR) is 78.4 cm³/mol. The van der Waals surface area contributed by atoms with Crippen LogP contribution in [0.3, 0.4) is 0 Å². The van der Waals surface area contributed by atoms with Gasteiger partial charge in [0.25, 0.3) is 0 Å². The summed E-state index contributed by atoms with van der Waals surface area (Å²) in [4.78, 5) is 11.8. The molecule has 3 aliphatic rings. The Bertz CT molecular complexity index is 461. The average Bonchev–Trinajstić information content (AvgIpc) is 3.02. The zero-order valence-electron chi connectivity index (χ0n) is 14.4. The predicted octanol–water partition coefficient (Wildman–Crippen LogP) is 1.73. The monoisotopic (exact) mass is 330 g/mol. The first kappa shape index (κ1) is 17.1. The van der Waals surface area contributed by atoms with Crippen LogP contribution in [0.4, 0.5) is 0 Å². The fourth-order valence-electron chi connectivity index (χ4n) is 3.26. The second-order valence-corrected chi connectivity index (χ2v) is 7.14. The van der Waals surface area contributed by atoms with Crippen molar-refractivity contribution in [2.45, 2.75) is 89.7 Å². The maximum Gasteiger partial charge on any atom is 0.308 e. The van der Waals surface area contributed by atoms with Gasteiger partial charge in [-0.3, -0.25) is 4.79 Å².